The van der Waals surface area contributed by atoms with E-state index in [-0.39, 0.29) is 17.9 Å². The van der Waals surface area contributed by atoms with Crippen LogP contribution >= 0.6 is 0 Å². The normalized spacial score (nSPS) is 20.8. The predicted molar refractivity (Wildman–Crippen MR) is 109 cm³/mol. The number of β-lactam (4-membered cyclic amide) rings is 1. The molecule has 2 nitrogen and oxygen atoms in total. The highest BCUT2D eigenvalue weighted by molar-refractivity contribution is 6.04. The van der Waals surface area contributed by atoms with Gasteiger partial charge in [-0.1, -0.05) is 74.2 Å². The molecule has 134 valence electrons. The number of carbonyl (C=O) groups is 1. The van der Waals surface area contributed by atoms with Gasteiger partial charge < -0.3 is 4.90 Å². The van der Waals surface area contributed by atoms with Crippen molar-refractivity contribution in [3.8, 4) is 0 Å². The zero-order chi connectivity index (χ0) is 18.5. The number of rotatable bonds is 7. The first kappa shape index (κ1) is 18.2. The summed E-state index contributed by atoms with van der Waals surface area (Å²) in [4.78, 5) is 14.8. The molecule has 2 aromatic rings. The van der Waals surface area contributed by atoms with Gasteiger partial charge in [0, 0.05) is 5.69 Å². The second kappa shape index (κ2) is 8.18. The molecule has 0 aromatic heterocycles. The predicted octanol–water partition coefficient (Wildman–Crippen LogP) is 5.73. The van der Waals surface area contributed by atoms with Gasteiger partial charge in [-0.25, -0.2) is 0 Å². The maximum absolute atomic E-state index is 12.9. The third-order valence-electron chi connectivity index (χ3n) is 5.29. The number of nitrogens with zero attached hydrogens (tertiary/aromatic N) is 1. The van der Waals surface area contributed by atoms with Gasteiger partial charge in [-0.2, -0.15) is 0 Å². The van der Waals surface area contributed by atoms with Crippen molar-refractivity contribution in [2.24, 2.45) is 5.92 Å². The van der Waals surface area contributed by atoms with E-state index in [9.17, 15) is 4.79 Å². The summed E-state index contributed by atoms with van der Waals surface area (Å²) in [5.41, 5.74) is 3.30. The Labute approximate surface area is 156 Å². The molecule has 1 fully saturated rings. The fourth-order valence-electron chi connectivity index (χ4n) is 3.82. The molecule has 1 heterocycles. The van der Waals surface area contributed by atoms with Crippen molar-refractivity contribution in [3.63, 3.8) is 0 Å². The summed E-state index contributed by atoms with van der Waals surface area (Å²) in [6.45, 7) is 8.46. The molecule has 26 heavy (non-hydrogen) atoms. The van der Waals surface area contributed by atoms with Crippen LogP contribution in [0.1, 0.15) is 38.2 Å². The van der Waals surface area contributed by atoms with Crippen molar-refractivity contribution in [3.05, 3.63) is 90.5 Å². The molecular formula is C24H27NO. The van der Waals surface area contributed by atoms with E-state index in [0.717, 1.165) is 24.1 Å². The Morgan fingerprint density at radius 3 is 2.35 bits per heavy atom. The van der Waals surface area contributed by atoms with Crippen LogP contribution in [0.4, 0.5) is 5.69 Å². The van der Waals surface area contributed by atoms with E-state index in [1.165, 1.54) is 5.56 Å². The van der Waals surface area contributed by atoms with E-state index in [1.807, 2.05) is 60.4 Å². The van der Waals surface area contributed by atoms with E-state index >= 15 is 0 Å². The Morgan fingerprint density at radius 1 is 1.12 bits per heavy atom. The van der Waals surface area contributed by atoms with E-state index in [4.69, 9.17) is 0 Å². The number of anilines is 1. The van der Waals surface area contributed by atoms with Gasteiger partial charge in [0.2, 0.25) is 5.91 Å². The van der Waals surface area contributed by atoms with Crippen molar-refractivity contribution in [2.45, 2.75) is 38.6 Å². The topological polar surface area (TPSA) is 20.3 Å². The van der Waals surface area contributed by atoms with Crippen LogP contribution in [0.5, 0.6) is 0 Å². The Bertz CT molecular complexity index is 778. The minimum Gasteiger partial charge on any atom is -0.304 e. The second-order valence-electron chi connectivity index (χ2n) is 7.06. The van der Waals surface area contributed by atoms with Crippen molar-refractivity contribution >= 4 is 11.6 Å². The van der Waals surface area contributed by atoms with Crippen LogP contribution in [0.3, 0.4) is 0 Å². The molecule has 1 aliphatic rings. The van der Waals surface area contributed by atoms with E-state index in [0.29, 0.717) is 5.92 Å². The molecule has 2 heteroatoms. The highest BCUT2D eigenvalue weighted by Gasteiger charge is 2.48. The molecule has 0 saturated carbocycles. The average Bonchev–Trinajstić information content (AvgIpc) is 2.67. The van der Waals surface area contributed by atoms with Gasteiger partial charge in [-0.3, -0.25) is 4.79 Å². The molecule has 0 N–H and O–H groups in total. The van der Waals surface area contributed by atoms with Gasteiger partial charge in [-0.15, -0.1) is 0 Å². The lowest BCUT2D eigenvalue weighted by Crippen LogP contribution is -2.61. The van der Waals surface area contributed by atoms with E-state index in [2.05, 4.69) is 37.8 Å². The lowest BCUT2D eigenvalue weighted by molar-refractivity contribution is -0.129. The van der Waals surface area contributed by atoms with E-state index in [1.54, 1.807) is 0 Å². The second-order valence-corrected chi connectivity index (χ2v) is 7.06. The summed E-state index contributed by atoms with van der Waals surface area (Å²) in [5.74, 6) is 0.683. The summed E-state index contributed by atoms with van der Waals surface area (Å²) in [5, 5.41) is 0. The first-order chi connectivity index (χ1) is 12.6. The summed E-state index contributed by atoms with van der Waals surface area (Å²) in [6.07, 6.45) is 5.92. The van der Waals surface area contributed by atoms with Crippen LogP contribution < -0.4 is 4.90 Å². The quantitative estimate of drug-likeness (QED) is 0.463. The minimum atomic E-state index is 0.0186. The van der Waals surface area contributed by atoms with Crippen molar-refractivity contribution < 1.29 is 4.79 Å². The molecule has 0 spiro atoms. The fourth-order valence-corrected chi connectivity index (χ4v) is 3.82. The number of hydrogen-bond acceptors (Lipinski definition) is 1. The van der Waals surface area contributed by atoms with Crippen LogP contribution in [0.25, 0.3) is 0 Å². The number of allylic oxidation sites excluding steroid dienone is 1. The number of benzene rings is 2. The van der Waals surface area contributed by atoms with Crippen LogP contribution in [0.15, 0.2) is 85.0 Å². The number of hydrogen-bond donors (Lipinski definition) is 0. The van der Waals surface area contributed by atoms with Gasteiger partial charge in [0.15, 0.2) is 0 Å². The molecule has 1 amide bonds. The zero-order valence-electron chi connectivity index (χ0n) is 15.6. The third kappa shape index (κ3) is 3.65. The molecule has 1 aliphatic heterocycles. The Hall–Kier alpha value is -2.61. The highest BCUT2D eigenvalue weighted by Crippen LogP contribution is 2.40. The van der Waals surface area contributed by atoms with E-state index < -0.39 is 0 Å². The zero-order valence-corrected chi connectivity index (χ0v) is 15.6. The maximum atomic E-state index is 12.9. The average molecular weight is 345 g/mol. The standard InChI is InChI=1S/C24H27NO/c1-4-11-19(3)23-22(17-16-18(2)20-12-7-5-8-13-20)24(26)25(23)21-14-9-6-10-15-21/h4-15,18,22-23H,3,16-17H2,1-2H3/b11-4-. The first-order valence-electron chi connectivity index (χ1n) is 9.38. The Kier molecular flexibility index (Phi) is 5.72. The smallest absolute Gasteiger partial charge is 0.233 e. The van der Waals surface area contributed by atoms with Gasteiger partial charge in [-0.05, 0) is 49.0 Å². The summed E-state index contributed by atoms with van der Waals surface area (Å²) in [7, 11) is 0. The summed E-state index contributed by atoms with van der Waals surface area (Å²) >= 11 is 0. The van der Waals surface area contributed by atoms with Gasteiger partial charge in [0.25, 0.3) is 0 Å². The fraction of sp³-hybridized carbons (Fsp3) is 0.292. The monoisotopic (exact) mass is 345 g/mol. The lowest BCUT2D eigenvalue weighted by atomic mass is 9.77. The molecule has 0 radical (unpaired) electrons. The minimum absolute atomic E-state index is 0.0186. The Morgan fingerprint density at radius 2 is 1.73 bits per heavy atom. The van der Waals surface area contributed by atoms with Crippen LogP contribution in [-0.4, -0.2) is 11.9 Å². The van der Waals surface area contributed by atoms with Gasteiger partial charge in [0.1, 0.15) is 0 Å². The molecule has 0 bridgehead atoms. The molecule has 3 atom stereocenters. The lowest BCUT2D eigenvalue weighted by Gasteiger charge is -2.48. The van der Waals surface area contributed by atoms with Gasteiger partial charge in [0.05, 0.1) is 12.0 Å². The Balaban J connectivity index is 1.73. The molecular weight excluding hydrogens is 318 g/mol. The third-order valence-corrected chi connectivity index (χ3v) is 5.29. The molecule has 2 aromatic carbocycles. The SMILES string of the molecule is C=C(/C=C\C)C1C(CCC(C)c2ccccc2)C(=O)N1c1ccccc1. The van der Waals surface area contributed by atoms with Gasteiger partial charge >= 0.3 is 0 Å². The van der Waals surface area contributed by atoms with Crippen LogP contribution in [0.2, 0.25) is 0 Å². The number of amides is 1. The van der Waals surface area contributed by atoms with Crippen LogP contribution in [-0.2, 0) is 4.79 Å². The van der Waals surface area contributed by atoms with Crippen molar-refractivity contribution in [1.29, 1.82) is 0 Å². The molecule has 3 rings (SSSR count). The summed E-state index contributed by atoms with van der Waals surface area (Å²) in [6, 6.07) is 20.5. The molecule has 0 aliphatic carbocycles. The first-order valence-corrected chi connectivity index (χ1v) is 9.38. The van der Waals surface area contributed by atoms with Crippen molar-refractivity contribution in [1.82, 2.24) is 0 Å². The highest BCUT2D eigenvalue weighted by atomic mass is 16.2. The van der Waals surface area contributed by atoms with Crippen molar-refractivity contribution in [2.75, 3.05) is 4.90 Å². The summed E-state index contributed by atoms with van der Waals surface area (Å²) < 4.78 is 0. The molecule has 1 saturated heterocycles. The molecule has 3 unspecified atom stereocenters. The number of carbonyl (C=O) groups excluding carboxylic acids is 1. The maximum Gasteiger partial charge on any atom is 0.233 e. The largest absolute Gasteiger partial charge is 0.304 e. The number of para-hydroxylation sites is 1. The van der Waals surface area contributed by atoms with Crippen LogP contribution in [0, 0.1) is 5.92 Å².